The molecule has 2 aromatic carbocycles. The topological polar surface area (TPSA) is 33.4 Å². The molecule has 4 nitrogen and oxygen atoms in total. The molecule has 2 aromatic heterocycles. The van der Waals surface area contributed by atoms with Gasteiger partial charge in [0.25, 0.3) is 0 Å². The van der Waals surface area contributed by atoms with E-state index in [0.717, 1.165) is 29.6 Å². The van der Waals surface area contributed by atoms with Crippen molar-refractivity contribution in [1.82, 2.24) is 19.5 Å². The minimum atomic E-state index is 0.897. The molecule has 5 rings (SSSR count). The Morgan fingerprint density at radius 1 is 0.867 bits per heavy atom. The van der Waals surface area contributed by atoms with Gasteiger partial charge < -0.3 is 4.90 Å². The molecule has 4 heteroatoms. The number of benzene rings is 2. The van der Waals surface area contributed by atoms with Crippen molar-refractivity contribution >= 4 is 5.65 Å². The van der Waals surface area contributed by atoms with Crippen LogP contribution in [-0.2, 0) is 12.8 Å². The highest BCUT2D eigenvalue weighted by Gasteiger charge is 2.12. The van der Waals surface area contributed by atoms with Crippen LogP contribution in [0.15, 0.2) is 67.1 Å². The summed E-state index contributed by atoms with van der Waals surface area (Å²) in [6.45, 7) is 5.87. The third kappa shape index (κ3) is 3.88. The zero-order valence-corrected chi connectivity index (χ0v) is 17.6. The van der Waals surface area contributed by atoms with Crippen LogP contribution in [0.3, 0.4) is 0 Å². The summed E-state index contributed by atoms with van der Waals surface area (Å²) in [6, 6.07) is 17.5. The molecular formula is C26H28N4. The first-order valence-electron chi connectivity index (χ1n) is 11.0. The van der Waals surface area contributed by atoms with Crippen LogP contribution in [0.5, 0.6) is 0 Å². The normalized spacial score (nSPS) is 14.6. The predicted octanol–water partition coefficient (Wildman–Crippen LogP) is 5.26. The van der Waals surface area contributed by atoms with Crippen LogP contribution in [0.1, 0.15) is 30.9 Å². The van der Waals surface area contributed by atoms with Gasteiger partial charge in [-0.2, -0.15) is 5.10 Å². The Hall–Kier alpha value is -2.98. The quantitative estimate of drug-likeness (QED) is 0.445. The first-order chi connectivity index (χ1) is 14.8. The lowest BCUT2D eigenvalue weighted by molar-refractivity contribution is 0.343. The first-order valence-corrected chi connectivity index (χ1v) is 11.0. The Labute approximate surface area is 178 Å². The number of rotatable bonds is 6. The lowest BCUT2D eigenvalue weighted by Gasteiger charge is -2.14. The number of fused-ring (bicyclic) bond motifs is 1. The number of hydrogen-bond acceptors (Lipinski definition) is 3. The van der Waals surface area contributed by atoms with E-state index in [-0.39, 0.29) is 0 Å². The zero-order valence-electron chi connectivity index (χ0n) is 17.6. The fourth-order valence-electron chi connectivity index (χ4n) is 4.34. The minimum absolute atomic E-state index is 0.897. The molecule has 0 atom stereocenters. The van der Waals surface area contributed by atoms with Crippen LogP contribution in [-0.4, -0.2) is 39.1 Å². The Morgan fingerprint density at radius 2 is 1.70 bits per heavy atom. The molecule has 0 radical (unpaired) electrons. The van der Waals surface area contributed by atoms with Gasteiger partial charge in [-0.15, -0.1) is 0 Å². The zero-order chi connectivity index (χ0) is 20.3. The van der Waals surface area contributed by atoms with Gasteiger partial charge in [-0.1, -0.05) is 55.5 Å². The molecule has 152 valence electrons. The minimum Gasteiger partial charge on any atom is -0.303 e. The van der Waals surface area contributed by atoms with Gasteiger partial charge >= 0.3 is 0 Å². The van der Waals surface area contributed by atoms with Crippen LogP contribution < -0.4 is 0 Å². The van der Waals surface area contributed by atoms with Crippen LogP contribution in [0.2, 0.25) is 0 Å². The van der Waals surface area contributed by atoms with E-state index in [9.17, 15) is 0 Å². The molecule has 1 aliphatic heterocycles. The molecule has 1 fully saturated rings. The number of aryl methyl sites for hydroxylation is 1. The molecule has 0 bridgehead atoms. The summed E-state index contributed by atoms with van der Waals surface area (Å²) in [5, 5.41) is 4.58. The van der Waals surface area contributed by atoms with E-state index in [2.05, 4.69) is 71.7 Å². The summed E-state index contributed by atoms with van der Waals surface area (Å²) in [7, 11) is 0. The van der Waals surface area contributed by atoms with Crippen molar-refractivity contribution in [3.63, 3.8) is 0 Å². The van der Waals surface area contributed by atoms with Crippen molar-refractivity contribution in [2.45, 2.75) is 32.6 Å². The molecule has 0 spiro atoms. The smallest absolute Gasteiger partial charge is 0.162 e. The standard InChI is InChI=1S/C26H28N4/c1-2-20-6-5-7-23(16-20)25-18-28-30-19-24(17-27-26(25)30)22-10-8-21(9-11-22)12-15-29-13-3-4-14-29/h5-11,16-19H,2-4,12-15H2,1H3. The SMILES string of the molecule is CCc1cccc(-c2cnn3cc(-c4ccc(CCN5CCCC5)cc4)cnc23)c1. The van der Waals surface area contributed by atoms with E-state index in [4.69, 9.17) is 4.98 Å². The fourth-order valence-corrected chi connectivity index (χ4v) is 4.34. The number of nitrogens with zero attached hydrogens (tertiary/aromatic N) is 4. The molecule has 3 heterocycles. The fraction of sp³-hybridized carbons (Fsp3) is 0.308. The van der Waals surface area contributed by atoms with Crippen molar-refractivity contribution in [2.75, 3.05) is 19.6 Å². The average Bonchev–Trinajstić information content (AvgIpc) is 3.47. The molecule has 0 aliphatic carbocycles. The summed E-state index contributed by atoms with van der Waals surface area (Å²) in [5.74, 6) is 0. The largest absolute Gasteiger partial charge is 0.303 e. The Kier molecular flexibility index (Phi) is 5.33. The van der Waals surface area contributed by atoms with E-state index in [1.807, 2.05) is 16.9 Å². The second-order valence-corrected chi connectivity index (χ2v) is 8.22. The molecule has 0 saturated carbocycles. The summed E-state index contributed by atoms with van der Waals surface area (Å²) < 4.78 is 1.89. The molecule has 0 N–H and O–H groups in total. The average molecular weight is 397 g/mol. The van der Waals surface area contributed by atoms with Gasteiger partial charge in [-0.05, 0) is 61.0 Å². The van der Waals surface area contributed by atoms with Crippen molar-refractivity contribution in [2.24, 2.45) is 0 Å². The van der Waals surface area contributed by atoms with Crippen LogP contribution in [0.4, 0.5) is 0 Å². The number of aromatic nitrogens is 3. The van der Waals surface area contributed by atoms with E-state index in [1.165, 1.54) is 54.7 Å². The Bertz CT molecular complexity index is 1140. The van der Waals surface area contributed by atoms with Crippen molar-refractivity contribution < 1.29 is 0 Å². The van der Waals surface area contributed by atoms with Gasteiger partial charge in [-0.3, -0.25) is 0 Å². The van der Waals surface area contributed by atoms with Gasteiger partial charge in [0.1, 0.15) is 0 Å². The monoisotopic (exact) mass is 396 g/mol. The van der Waals surface area contributed by atoms with Crippen molar-refractivity contribution in [3.05, 3.63) is 78.2 Å². The lowest BCUT2D eigenvalue weighted by Crippen LogP contribution is -2.21. The second kappa shape index (κ2) is 8.41. The summed E-state index contributed by atoms with van der Waals surface area (Å²) in [4.78, 5) is 7.32. The molecule has 30 heavy (non-hydrogen) atoms. The summed E-state index contributed by atoms with van der Waals surface area (Å²) >= 11 is 0. The highest BCUT2D eigenvalue weighted by atomic mass is 15.2. The van der Waals surface area contributed by atoms with E-state index < -0.39 is 0 Å². The Balaban J connectivity index is 1.36. The molecule has 0 amide bonds. The van der Waals surface area contributed by atoms with E-state index in [1.54, 1.807) is 0 Å². The van der Waals surface area contributed by atoms with Crippen LogP contribution in [0.25, 0.3) is 27.9 Å². The molecule has 1 saturated heterocycles. The maximum absolute atomic E-state index is 4.75. The third-order valence-electron chi connectivity index (χ3n) is 6.21. The highest BCUT2D eigenvalue weighted by Crippen LogP contribution is 2.26. The molecule has 4 aromatic rings. The maximum Gasteiger partial charge on any atom is 0.162 e. The van der Waals surface area contributed by atoms with Gasteiger partial charge in [0.2, 0.25) is 0 Å². The van der Waals surface area contributed by atoms with E-state index >= 15 is 0 Å². The van der Waals surface area contributed by atoms with E-state index in [0.29, 0.717) is 0 Å². The Morgan fingerprint density at radius 3 is 2.50 bits per heavy atom. The predicted molar refractivity (Wildman–Crippen MR) is 123 cm³/mol. The number of hydrogen-bond donors (Lipinski definition) is 0. The van der Waals surface area contributed by atoms with Crippen LogP contribution in [0, 0.1) is 0 Å². The third-order valence-corrected chi connectivity index (χ3v) is 6.21. The van der Waals surface area contributed by atoms with Crippen LogP contribution >= 0.6 is 0 Å². The first kappa shape index (κ1) is 19.0. The summed E-state index contributed by atoms with van der Waals surface area (Å²) in [6.07, 6.45) is 10.8. The maximum atomic E-state index is 4.75. The molecule has 0 unspecified atom stereocenters. The number of likely N-dealkylation sites (tertiary alicyclic amines) is 1. The van der Waals surface area contributed by atoms with Crippen molar-refractivity contribution in [1.29, 1.82) is 0 Å². The van der Waals surface area contributed by atoms with Gasteiger partial charge in [0.05, 0.1) is 6.20 Å². The molecular weight excluding hydrogens is 368 g/mol. The lowest BCUT2D eigenvalue weighted by atomic mass is 10.0. The second-order valence-electron chi connectivity index (χ2n) is 8.22. The molecule has 1 aliphatic rings. The van der Waals surface area contributed by atoms with Gasteiger partial charge in [0.15, 0.2) is 5.65 Å². The van der Waals surface area contributed by atoms with Gasteiger partial charge in [-0.25, -0.2) is 9.50 Å². The van der Waals surface area contributed by atoms with Crippen molar-refractivity contribution in [3.8, 4) is 22.3 Å². The highest BCUT2D eigenvalue weighted by molar-refractivity contribution is 5.78. The van der Waals surface area contributed by atoms with Gasteiger partial charge in [0, 0.05) is 30.1 Å². The summed E-state index contributed by atoms with van der Waals surface area (Å²) in [5.41, 5.74) is 8.14.